The van der Waals surface area contributed by atoms with Gasteiger partial charge < -0.3 is 5.32 Å². The lowest BCUT2D eigenvalue weighted by atomic mass is 10.1. The predicted molar refractivity (Wildman–Crippen MR) is 105 cm³/mol. The number of hydrogen-bond donors (Lipinski definition) is 2. The number of anilines is 2. The number of pyridine rings is 1. The van der Waals surface area contributed by atoms with Gasteiger partial charge in [-0.1, -0.05) is 29.8 Å². The van der Waals surface area contributed by atoms with Gasteiger partial charge in [0.25, 0.3) is 10.0 Å². The largest absolute Gasteiger partial charge is 0.366 e. The van der Waals surface area contributed by atoms with Crippen molar-refractivity contribution in [2.45, 2.75) is 25.3 Å². The lowest BCUT2D eigenvalue weighted by Crippen LogP contribution is -2.14. The van der Waals surface area contributed by atoms with Gasteiger partial charge in [-0.25, -0.2) is 17.8 Å². The number of nitrogens with one attached hydrogen (secondary N) is 2. The van der Waals surface area contributed by atoms with Crippen LogP contribution in [0.4, 0.5) is 15.9 Å². The first-order valence-electron chi connectivity index (χ1n) is 8.38. The highest BCUT2D eigenvalue weighted by Crippen LogP contribution is 2.20. The fourth-order valence-corrected chi connectivity index (χ4v) is 3.85. The van der Waals surface area contributed by atoms with Gasteiger partial charge in [0.05, 0.1) is 16.8 Å². The summed E-state index contributed by atoms with van der Waals surface area (Å²) in [5, 5.41) is 3.19. The molecule has 140 valence electrons. The zero-order valence-electron chi connectivity index (χ0n) is 15.0. The Morgan fingerprint density at radius 2 is 1.74 bits per heavy atom. The molecule has 2 aromatic carbocycles. The van der Waals surface area contributed by atoms with E-state index in [1.807, 2.05) is 31.2 Å². The Morgan fingerprint density at radius 3 is 2.37 bits per heavy atom. The second-order valence-corrected chi connectivity index (χ2v) is 7.94. The van der Waals surface area contributed by atoms with Crippen molar-refractivity contribution in [3.05, 3.63) is 83.3 Å². The molecular weight excluding hydrogens is 365 g/mol. The van der Waals surface area contributed by atoms with Crippen LogP contribution in [0.2, 0.25) is 0 Å². The van der Waals surface area contributed by atoms with Gasteiger partial charge >= 0.3 is 0 Å². The first kappa shape index (κ1) is 18.8. The second-order valence-electron chi connectivity index (χ2n) is 6.29. The van der Waals surface area contributed by atoms with Gasteiger partial charge in [-0.05, 0) is 55.3 Å². The number of hydrogen-bond acceptors (Lipinski definition) is 4. The first-order valence-corrected chi connectivity index (χ1v) is 9.86. The Morgan fingerprint density at radius 1 is 1.00 bits per heavy atom. The lowest BCUT2D eigenvalue weighted by molar-refractivity contribution is 0.598. The molecule has 2 N–H and O–H groups in total. The highest BCUT2D eigenvalue weighted by molar-refractivity contribution is 7.92. The van der Waals surface area contributed by atoms with Crippen LogP contribution in [0.1, 0.15) is 16.7 Å². The normalized spacial score (nSPS) is 11.2. The van der Waals surface area contributed by atoms with Crippen molar-refractivity contribution in [3.8, 4) is 0 Å². The van der Waals surface area contributed by atoms with E-state index in [0.717, 1.165) is 11.6 Å². The van der Waals surface area contributed by atoms with E-state index in [4.69, 9.17) is 0 Å². The van der Waals surface area contributed by atoms with Crippen molar-refractivity contribution in [2.24, 2.45) is 0 Å². The Labute approximate surface area is 158 Å². The van der Waals surface area contributed by atoms with Gasteiger partial charge in [-0.15, -0.1) is 0 Å². The molecule has 0 bridgehead atoms. The van der Waals surface area contributed by atoms with Crippen LogP contribution in [0, 0.1) is 19.7 Å². The van der Waals surface area contributed by atoms with Crippen LogP contribution in [-0.2, 0) is 16.6 Å². The van der Waals surface area contributed by atoms with Crippen LogP contribution in [0.5, 0.6) is 0 Å². The summed E-state index contributed by atoms with van der Waals surface area (Å²) in [5.74, 6) is 0.161. The topological polar surface area (TPSA) is 71.1 Å². The molecule has 0 aliphatic heterocycles. The summed E-state index contributed by atoms with van der Waals surface area (Å²) in [6.45, 7) is 4.20. The number of benzene rings is 2. The quantitative estimate of drug-likeness (QED) is 0.665. The molecule has 7 heteroatoms. The molecule has 3 rings (SSSR count). The standard InChI is InChI=1S/C20H20FN3O2S/c1-14-3-5-16(6-4-14)12-22-20-10-8-18(13-23-20)24-27(25,26)19-9-7-17(21)11-15(19)2/h3-11,13,24H,12H2,1-2H3,(H,22,23). The summed E-state index contributed by atoms with van der Waals surface area (Å²) in [5.41, 5.74) is 3.00. The number of aryl methyl sites for hydroxylation is 2. The van der Waals surface area contributed by atoms with Crippen LogP contribution >= 0.6 is 0 Å². The number of sulfonamides is 1. The van der Waals surface area contributed by atoms with Crippen molar-refractivity contribution in [2.75, 3.05) is 10.0 Å². The average Bonchev–Trinajstić information content (AvgIpc) is 2.62. The molecule has 27 heavy (non-hydrogen) atoms. The zero-order valence-corrected chi connectivity index (χ0v) is 15.8. The molecule has 0 aliphatic carbocycles. The molecule has 0 amide bonds. The molecule has 3 aromatic rings. The van der Waals surface area contributed by atoms with E-state index in [1.54, 1.807) is 19.1 Å². The first-order chi connectivity index (χ1) is 12.8. The van der Waals surface area contributed by atoms with E-state index in [2.05, 4.69) is 15.0 Å². The number of rotatable bonds is 6. The molecule has 0 spiro atoms. The van der Waals surface area contributed by atoms with Crippen LogP contribution in [0.25, 0.3) is 0 Å². The van der Waals surface area contributed by atoms with Crippen LogP contribution in [-0.4, -0.2) is 13.4 Å². The lowest BCUT2D eigenvalue weighted by Gasteiger charge is -2.11. The van der Waals surface area contributed by atoms with Crippen molar-refractivity contribution in [3.63, 3.8) is 0 Å². The third-order valence-corrected chi connectivity index (χ3v) is 5.58. The molecule has 0 atom stereocenters. The molecule has 0 fully saturated rings. The molecule has 0 unspecified atom stereocenters. The SMILES string of the molecule is Cc1ccc(CNc2ccc(NS(=O)(=O)c3ccc(F)cc3C)cn2)cc1. The predicted octanol–water partition coefficient (Wildman–Crippen LogP) is 4.25. The molecular formula is C20H20FN3O2S. The van der Waals surface area contributed by atoms with E-state index in [-0.39, 0.29) is 4.90 Å². The van der Waals surface area contributed by atoms with Crippen molar-refractivity contribution >= 4 is 21.5 Å². The highest BCUT2D eigenvalue weighted by Gasteiger charge is 2.17. The summed E-state index contributed by atoms with van der Waals surface area (Å²) in [6.07, 6.45) is 1.44. The molecule has 0 saturated heterocycles. The molecule has 0 radical (unpaired) electrons. The minimum atomic E-state index is -3.81. The molecule has 1 heterocycles. The Balaban J connectivity index is 1.67. The minimum Gasteiger partial charge on any atom is -0.366 e. The van der Waals surface area contributed by atoms with Crippen LogP contribution in [0.15, 0.2) is 65.7 Å². The summed E-state index contributed by atoms with van der Waals surface area (Å²) < 4.78 is 40.6. The second kappa shape index (κ2) is 7.75. The molecule has 0 aliphatic rings. The van der Waals surface area contributed by atoms with E-state index in [1.165, 1.54) is 23.9 Å². The van der Waals surface area contributed by atoms with Gasteiger partial charge in [-0.2, -0.15) is 0 Å². The fraction of sp³-hybridized carbons (Fsp3) is 0.150. The van der Waals surface area contributed by atoms with Gasteiger partial charge in [0.15, 0.2) is 0 Å². The fourth-order valence-electron chi connectivity index (χ4n) is 2.58. The van der Waals surface area contributed by atoms with E-state index in [0.29, 0.717) is 23.6 Å². The Hall–Kier alpha value is -2.93. The van der Waals surface area contributed by atoms with Gasteiger partial charge in [0, 0.05) is 6.54 Å². The minimum absolute atomic E-state index is 0.0328. The van der Waals surface area contributed by atoms with Gasteiger partial charge in [0.2, 0.25) is 0 Å². The smallest absolute Gasteiger partial charge is 0.262 e. The third-order valence-electron chi connectivity index (χ3n) is 4.04. The van der Waals surface area contributed by atoms with Crippen LogP contribution in [0.3, 0.4) is 0 Å². The van der Waals surface area contributed by atoms with Crippen molar-refractivity contribution in [1.82, 2.24) is 4.98 Å². The van der Waals surface area contributed by atoms with Gasteiger partial charge in [-0.3, -0.25) is 4.72 Å². The Kier molecular flexibility index (Phi) is 5.41. The maximum atomic E-state index is 13.2. The molecule has 5 nitrogen and oxygen atoms in total. The molecule has 0 saturated carbocycles. The summed E-state index contributed by atoms with van der Waals surface area (Å²) in [6, 6.07) is 15.0. The number of halogens is 1. The summed E-state index contributed by atoms with van der Waals surface area (Å²) in [7, 11) is -3.81. The number of aromatic nitrogens is 1. The van der Waals surface area contributed by atoms with E-state index < -0.39 is 15.8 Å². The van der Waals surface area contributed by atoms with Crippen molar-refractivity contribution in [1.29, 1.82) is 0 Å². The zero-order chi connectivity index (χ0) is 19.4. The van der Waals surface area contributed by atoms with Gasteiger partial charge in [0.1, 0.15) is 11.6 Å². The molecule has 1 aromatic heterocycles. The average molecular weight is 385 g/mol. The van der Waals surface area contributed by atoms with E-state index >= 15 is 0 Å². The van der Waals surface area contributed by atoms with Crippen molar-refractivity contribution < 1.29 is 12.8 Å². The highest BCUT2D eigenvalue weighted by atomic mass is 32.2. The third kappa shape index (κ3) is 4.83. The van der Waals surface area contributed by atoms with Crippen LogP contribution < -0.4 is 10.0 Å². The summed E-state index contributed by atoms with van der Waals surface area (Å²) in [4.78, 5) is 4.26. The summed E-state index contributed by atoms with van der Waals surface area (Å²) >= 11 is 0. The Bertz CT molecular complexity index is 1030. The monoisotopic (exact) mass is 385 g/mol. The maximum Gasteiger partial charge on any atom is 0.262 e. The maximum absolute atomic E-state index is 13.2. The van der Waals surface area contributed by atoms with E-state index in [9.17, 15) is 12.8 Å². The number of nitrogens with zero attached hydrogens (tertiary/aromatic N) is 1.